The van der Waals surface area contributed by atoms with Gasteiger partial charge in [0.05, 0.1) is 21.0 Å². The van der Waals surface area contributed by atoms with Crippen LogP contribution >= 0.6 is 23.1 Å². The van der Waals surface area contributed by atoms with Crippen molar-refractivity contribution in [2.75, 3.05) is 0 Å². The van der Waals surface area contributed by atoms with Crippen LogP contribution in [0.1, 0.15) is 18.9 Å². The number of alkyl halides is 3. The van der Waals surface area contributed by atoms with Gasteiger partial charge in [0.2, 0.25) is 5.91 Å². The largest absolute Gasteiger partial charge is 0.416 e. The Bertz CT molecular complexity index is 639. The number of rotatable bonds is 4. The predicted molar refractivity (Wildman–Crippen MR) is 73.8 cm³/mol. The summed E-state index contributed by atoms with van der Waals surface area (Å²) in [5, 5.41) is -0.419. The van der Waals surface area contributed by atoms with Crippen molar-refractivity contribution in [1.82, 2.24) is 4.98 Å². The maximum Gasteiger partial charge on any atom is 0.416 e. The van der Waals surface area contributed by atoms with Crippen LogP contribution in [0.4, 0.5) is 13.2 Å². The van der Waals surface area contributed by atoms with Crippen molar-refractivity contribution in [2.45, 2.75) is 29.1 Å². The zero-order chi connectivity index (χ0) is 14.9. The molecule has 1 heterocycles. The molecule has 8 heteroatoms. The summed E-state index contributed by atoms with van der Waals surface area (Å²) in [7, 11) is 0. The Labute approximate surface area is 121 Å². The standard InChI is InChI=1S/C12H11F3N2OS2/c1-2-8(10(16)18)19-11-17-7-5-6(12(13,14)15)3-4-9(7)20-11/h3-5,8H,2H2,1H3,(H2,16,18). The molecule has 0 saturated carbocycles. The number of hydrogen-bond donors (Lipinski definition) is 1. The zero-order valence-electron chi connectivity index (χ0n) is 10.4. The van der Waals surface area contributed by atoms with Gasteiger partial charge in [0.1, 0.15) is 0 Å². The molecule has 1 amide bonds. The highest BCUT2D eigenvalue weighted by atomic mass is 32.2. The summed E-state index contributed by atoms with van der Waals surface area (Å²) in [6.45, 7) is 1.82. The van der Waals surface area contributed by atoms with Crippen LogP contribution in [-0.4, -0.2) is 16.1 Å². The average Bonchev–Trinajstić information content (AvgIpc) is 2.75. The predicted octanol–water partition coefficient (Wildman–Crippen LogP) is 3.67. The number of fused-ring (bicyclic) bond motifs is 1. The number of halogens is 3. The van der Waals surface area contributed by atoms with Gasteiger partial charge < -0.3 is 5.73 Å². The minimum atomic E-state index is -4.38. The summed E-state index contributed by atoms with van der Waals surface area (Å²) in [6, 6.07) is 3.44. The minimum Gasteiger partial charge on any atom is -0.369 e. The SMILES string of the molecule is CCC(Sc1nc2cc(C(F)(F)F)ccc2s1)C(N)=O. The van der Waals surface area contributed by atoms with E-state index in [4.69, 9.17) is 5.73 Å². The molecule has 1 aromatic heterocycles. The number of hydrogen-bond acceptors (Lipinski definition) is 4. The van der Waals surface area contributed by atoms with E-state index in [1.807, 2.05) is 6.92 Å². The molecule has 2 N–H and O–H groups in total. The third kappa shape index (κ3) is 3.24. The molecule has 2 rings (SSSR count). The Morgan fingerprint density at radius 2 is 2.20 bits per heavy atom. The quantitative estimate of drug-likeness (QED) is 0.875. The maximum absolute atomic E-state index is 12.6. The number of thioether (sulfide) groups is 1. The second kappa shape index (κ2) is 5.61. The molecule has 0 saturated heterocycles. The lowest BCUT2D eigenvalue weighted by atomic mass is 10.2. The number of nitrogens with two attached hydrogens (primary N) is 1. The number of thiazole rings is 1. The Hall–Kier alpha value is -1.28. The van der Waals surface area contributed by atoms with Gasteiger partial charge in [-0.3, -0.25) is 4.79 Å². The van der Waals surface area contributed by atoms with E-state index >= 15 is 0 Å². The van der Waals surface area contributed by atoms with Gasteiger partial charge >= 0.3 is 6.18 Å². The number of aromatic nitrogens is 1. The van der Waals surface area contributed by atoms with Crippen LogP contribution in [0.25, 0.3) is 10.2 Å². The van der Waals surface area contributed by atoms with Crippen LogP contribution in [0.2, 0.25) is 0 Å². The molecule has 0 radical (unpaired) electrons. The Kier molecular flexibility index (Phi) is 4.24. The fourth-order valence-electron chi connectivity index (χ4n) is 1.60. The number of benzene rings is 1. The van der Waals surface area contributed by atoms with E-state index in [0.717, 1.165) is 12.1 Å². The summed E-state index contributed by atoms with van der Waals surface area (Å²) in [6.07, 6.45) is -3.84. The molecule has 108 valence electrons. The molecule has 0 spiro atoms. The van der Waals surface area contributed by atoms with Gasteiger partial charge in [0, 0.05) is 0 Å². The Balaban J connectivity index is 2.32. The van der Waals surface area contributed by atoms with Gasteiger partial charge in [-0.15, -0.1) is 11.3 Å². The van der Waals surface area contributed by atoms with E-state index in [0.29, 0.717) is 15.5 Å². The first-order chi connectivity index (χ1) is 9.31. The number of carbonyl (C=O) groups is 1. The van der Waals surface area contributed by atoms with Gasteiger partial charge in [-0.25, -0.2) is 4.98 Å². The molecular weight excluding hydrogens is 309 g/mol. The lowest BCUT2D eigenvalue weighted by molar-refractivity contribution is -0.137. The molecule has 20 heavy (non-hydrogen) atoms. The molecule has 3 nitrogen and oxygen atoms in total. The van der Waals surface area contributed by atoms with Crippen molar-refractivity contribution < 1.29 is 18.0 Å². The first kappa shape index (κ1) is 15.1. The summed E-state index contributed by atoms with van der Waals surface area (Å²) in [4.78, 5) is 15.3. The molecule has 0 aliphatic carbocycles. The van der Waals surface area contributed by atoms with Crippen molar-refractivity contribution >= 4 is 39.2 Å². The highest BCUT2D eigenvalue weighted by Crippen LogP contribution is 2.36. The minimum absolute atomic E-state index is 0.284. The van der Waals surface area contributed by atoms with Gasteiger partial charge in [-0.2, -0.15) is 13.2 Å². The monoisotopic (exact) mass is 320 g/mol. The Morgan fingerprint density at radius 3 is 2.75 bits per heavy atom. The van der Waals surface area contributed by atoms with E-state index in [9.17, 15) is 18.0 Å². The van der Waals surface area contributed by atoms with Crippen molar-refractivity contribution in [1.29, 1.82) is 0 Å². The van der Waals surface area contributed by atoms with E-state index in [1.54, 1.807) is 0 Å². The lowest BCUT2D eigenvalue weighted by Crippen LogP contribution is -2.24. The molecule has 0 bridgehead atoms. The van der Waals surface area contributed by atoms with Crippen LogP contribution in [0.3, 0.4) is 0 Å². The molecule has 1 atom stereocenters. The van der Waals surface area contributed by atoms with Crippen LogP contribution in [0.5, 0.6) is 0 Å². The molecule has 1 unspecified atom stereocenters. The molecule has 1 aromatic carbocycles. The summed E-state index contributed by atoms with van der Waals surface area (Å²) in [5.74, 6) is -0.451. The number of amides is 1. The van der Waals surface area contributed by atoms with Gasteiger partial charge in [0.15, 0.2) is 4.34 Å². The first-order valence-electron chi connectivity index (χ1n) is 5.75. The number of nitrogens with zero attached hydrogens (tertiary/aromatic N) is 1. The number of carbonyl (C=O) groups excluding carboxylic acids is 1. The van der Waals surface area contributed by atoms with Crippen molar-refractivity contribution in [3.05, 3.63) is 23.8 Å². The van der Waals surface area contributed by atoms with Crippen molar-refractivity contribution in [2.24, 2.45) is 5.73 Å². The third-order valence-electron chi connectivity index (χ3n) is 2.63. The summed E-state index contributed by atoms with van der Waals surface area (Å²) < 4.78 is 39.0. The second-order valence-electron chi connectivity index (χ2n) is 4.08. The van der Waals surface area contributed by atoms with Crippen molar-refractivity contribution in [3.8, 4) is 0 Å². The van der Waals surface area contributed by atoms with E-state index in [2.05, 4.69) is 4.98 Å². The zero-order valence-corrected chi connectivity index (χ0v) is 12.0. The fourth-order valence-corrected chi connectivity index (χ4v) is 3.76. The highest BCUT2D eigenvalue weighted by molar-refractivity contribution is 8.02. The second-order valence-corrected chi connectivity index (χ2v) is 6.56. The first-order valence-corrected chi connectivity index (χ1v) is 7.44. The van der Waals surface area contributed by atoms with Crippen LogP contribution in [0, 0.1) is 0 Å². The molecule has 0 fully saturated rings. The maximum atomic E-state index is 12.6. The third-order valence-corrected chi connectivity index (χ3v) is 5.14. The summed E-state index contributed by atoms with van der Waals surface area (Å²) in [5.41, 5.74) is 4.79. The van der Waals surface area contributed by atoms with Crippen molar-refractivity contribution in [3.63, 3.8) is 0 Å². The van der Waals surface area contributed by atoms with E-state index < -0.39 is 22.9 Å². The Morgan fingerprint density at radius 1 is 1.50 bits per heavy atom. The van der Waals surface area contributed by atoms with Crippen LogP contribution < -0.4 is 5.73 Å². The fraction of sp³-hybridized carbons (Fsp3) is 0.333. The van der Waals surface area contributed by atoms with Gasteiger partial charge in [-0.1, -0.05) is 18.7 Å². The normalized spacial score (nSPS) is 13.6. The molecule has 2 aromatic rings. The topological polar surface area (TPSA) is 56.0 Å². The smallest absolute Gasteiger partial charge is 0.369 e. The van der Waals surface area contributed by atoms with Gasteiger partial charge in [0.25, 0.3) is 0 Å². The highest BCUT2D eigenvalue weighted by Gasteiger charge is 2.30. The summed E-state index contributed by atoms with van der Waals surface area (Å²) >= 11 is 2.44. The van der Waals surface area contributed by atoms with E-state index in [1.165, 1.54) is 29.2 Å². The van der Waals surface area contributed by atoms with Crippen LogP contribution in [-0.2, 0) is 11.0 Å². The average molecular weight is 320 g/mol. The molecule has 0 aliphatic heterocycles. The lowest BCUT2D eigenvalue weighted by Gasteiger charge is -2.06. The molecule has 0 aliphatic rings. The van der Waals surface area contributed by atoms with Gasteiger partial charge in [-0.05, 0) is 24.6 Å². The molecular formula is C12H11F3N2OS2. The van der Waals surface area contributed by atoms with Crippen LogP contribution in [0.15, 0.2) is 22.5 Å². The van der Waals surface area contributed by atoms with E-state index in [-0.39, 0.29) is 5.52 Å². The number of primary amides is 1.